The fourth-order valence-electron chi connectivity index (χ4n) is 2.92. The third kappa shape index (κ3) is 3.28. The summed E-state index contributed by atoms with van der Waals surface area (Å²) in [4.78, 5) is 18.5. The van der Waals surface area contributed by atoms with Gasteiger partial charge in [-0.1, -0.05) is 19.4 Å². The van der Waals surface area contributed by atoms with Crippen LogP contribution in [0.3, 0.4) is 0 Å². The Morgan fingerprint density at radius 2 is 2.10 bits per heavy atom. The molecule has 3 N–H and O–H groups in total. The molecule has 1 fully saturated rings. The van der Waals surface area contributed by atoms with Crippen molar-refractivity contribution < 1.29 is 4.79 Å². The van der Waals surface area contributed by atoms with Gasteiger partial charge in [-0.05, 0) is 43.7 Å². The summed E-state index contributed by atoms with van der Waals surface area (Å²) in [5.41, 5.74) is 2.92. The predicted octanol–water partition coefficient (Wildman–Crippen LogP) is 2.41. The number of carbonyl (C=O) groups is 1. The zero-order chi connectivity index (χ0) is 14.5. The maximum atomic E-state index is 12.5. The van der Waals surface area contributed by atoms with E-state index >= 15 is 0 Å². The van der Waals surface area contributed by atoms with Crippen LogP contribution in [0.2, 0.25) is 0 Å². The van der Waals surface area contributed by atoms with Crippen LogP contribution in [-0.4, -0.2) is 28.9 Å². The number of hydrazine groups is 1. The van der Waals surface area contributed by atoms with E-state index in [-0.39, 0.29) is 5.91 Å². The molecule has 0 aliphatic heterocycles. The minimum absolute atomic E-state index is 0.0259. The van der Waals surface area contributed by atoms with Crippen LogP contribution in [0.4, 0.5) is 5.82 Å². The summed E-state index contributed by atoms with van der Waals surface area (Å²) >= 11 is 0. The molecule has 0 saturated heterocycles. The largest absolute Gasteiger partial charge is 0.337 e. The Bertz CT molecular complexity index is 455. The first kappa shape index (κ1) is 14.8. The van der Waals surface area contributed by atoms with Crippen molar-refractivity contribution in [3.05, 3.63) is 23.9 Å². The number of nitrogens with zero attached hydrogens (tertiary/aromatic N) is 2. The molecule has 5 nitrogen and oxygen atoms in total. The van der Waals surface area contributed by atoms with E-state index in [0.29, 0.717) is 17.6 Å². The lowest BCUT2D eigenvalue weighted by Gasteiger charge is -2.34. The van der Waals surface area contributed by atoms with Gasteiger partial charge < -0.3 is 10.3 Å². The molecule has 1 heterocycles. The summed E-state index contributed by atoms with van der Waals surface area (Å²) in [6.07, 6.45) is 5.87. The Balaban J connectivity index is 2.01. The number of hydrogen-bond donors (Lipinski definition) is 2. The maximum absolute atomic E-state index is 12.5. The number of carbonyl (C=O) groups excluding carboxylic acids is 1. The van der Waals surface area contributed by atoms with Crippen LogP contribution in [0.1, 0.15) is 49.5 Å². The number of nitrogens with two attached hydrogens (primary N) is 1. The van der Waals surface area contributed by atoms with Gasteiger partial charge >= 0.3 is 0 Å². The molecule has 0 radical (unpaired) electrons. The molecule has 0 spiro atoms. The first-order valence-electron chi connectivity index (χ1n) is 7.36. The summed E-state index contributed by atoms with van der Waals surface area (Å²) in [5, 5.41) is 0. The molecular formula is C15H24N4O. The van der Waals surface area contributed by atoms with Crippen molar-refractivity contribution in [2.75, 3.05) is 12.5 Å². The standard InChI is InChI=1S/C15H24N4O/c1-3-11-7-9-12(10-8-11)19(2)15(20)13-5-4-6-14(17-13)18-16/h4-6,11-12H,3,7-10,16H2,1-2H3,(H,17,18). The van der Waals surface area contributed by atoms with E-state index in [9.17, 15) is 4.79 Å². The Hall–Kier alpha value is -1.62. The number of hydrogen-bond acceptors (Lipinski definition) is 4. The number of rotatable bonds is 4. The fourth-order valence-corrected chi connectivity index (χ4v) is 2.92. The van der Waals surface area contributed by atoms with Crippen LogP contribution >= 0.6 is 0 Å². The molecule has 1 amide bonds. The van der Waals surface area contributed by atoms with Crippen molar-refractivity contribution in [2.24, 2.45) is 11.8 Å². The molecule has 0 atom stereocenters. The van der Waals surface area contributed by atoms with Gasteiger partial charge in [-0.15, -0.1) is 0 Å². The number of anilines is 1. The Labute approximate surface area is 120 Å². The van der Waals surface area contributed by atoms with E-state index in [4.69, 9.17) is 5.84 Å². The molecule has 1 aromatic heterocycles. The van der Waals surface area contributed by atoms with Gasteiger partial charge in [-0.25, -0.2) is 10.8 Å². The summed E-state index contributed by atoms with van der Waals surface area (Å²) < 4.78 is 0. The van der Waals surface area contributed by atoms with Crippen LogP contribution in [-0.2, 0) is 0 Å². The number of nitrogens with one attached hydrogen (secondary N) is 1. The van der Waals surface area contributed by atoms with Crippen molar-refractivity contribution >= 4 is 11.7 Å². The van der Waals surface area contributed by atoms with Crippen molar-refractivity contribution in [2.45, 2.75) is 45.1 Å². The van der Waals surface area contributed by atoms with Gasteiger partial charge in [-0.2, -0.15) is 0 Å². The molecule has 1 aliphatic carbocycles. The lowest BCUT2D eigenvalue weighted by molar-refractivity contribution is 0.0669. The summed E-state index contributed by atoms with van der Waals surface area (Å²) in [5.74, 6) is 6.65. The Kier molecular flexibility index (Phi) is 4.95. The smallest absolute Gasteiger partial charge is 0.272 e. The van der Waals surface area contributed by atoms with Gasteiger partial charge in [0.25, 0.3) is 5.91 Å². The van der Waals surface area contributed by atoms with Crippen LogP contribution in [0.5, 0.6) is 0 Å². The average Bonchev–Trinajstić information content (AvgIpc) is 2.53. The van der Waals surface area contributed by atoms with Gasteiger partial charge in [0, 0.05) is 13.1 Å². The van der Waals surface area contributed by atoms with Crippen LogP contribution in [0.15, 0.2) is 18.2 Å². The normalized spacial score (nSPS) is 22.4. The quantitative estimate of drug-likeness (QED) is 0.654. The topological polar surface area (TPSA) is 71.2 Å². The molecule has 2 rings (SSSR count). The van der Waals surface area contributed by atoms with E-state index in [0.717, 1.165) is 18.8 Å². The van der Waals surface area contributed by atoms with Gasteiger partial charge in [0.05, 0.1) is 0 Å². The number of pyridine rings is 1. The highest BCUT2D eigenvalue weighted by Crippen LogP contribution is 2.29. The summed E-state index contributed by atoms with van der Waals surface area (Å²) in [7, 11) is 1.88. The van der Waals surface area contributed by atoms with Crippen molar-refractivity contribution in [3.8, 4) is 0 Å². The lowest BCUT2D eigenvalue weighted by Crippen LogP contribution is -2.39. The van der Waals surface area contributed by atoms with E-state index < -0.39 is 0 Å². The highest BCUT2D eigenvalue weighted by atomic mass is 16.2. The van der Waals surface area contributed by atoms with E-state index in [1.54, 1.807) is 18.2 Å². The van der Waals surface area contributed by atoms with Gasteiger partial charge in [-0.3, -0.25) is 4.79 Å². The SMILES string of the molecule is CCC1CCC(N(C)C(=O)c2cccc(NN)n2)CC1. The van der Waals surface area contributed by atoms with E-state index in [2.05, 4.69) is 17.3 Å². The van der Waals surface area contributed by atoms with Crippen molar-refractivity contribution in [1.29, 1.82) is 0 Å². The third-order valence-corrected chi connectivity index (χ3v) is 4.38. The predicted molar refractivity (Wildman–Crippen MR) is 80.2 cm³/mol. The average molecular weight is 276 g/mol. The number of aromatic nitrogens is 1. The zero-order valence-corrected chi connectivity index (χ0v) is 12.3. The van der Waals surface area contributed by atoms with Gasteiger partial charge in [0.1, 0.15) is 11.5 Å². The Morgan fingerprint density at radius 3 is 2.70 bits per heavy atom. The minimum Gasteiger partial charge on any atom is -0.337 e. The third-order valence-electron chi connectivity index (χ3n) is 4.38. The molecule has 1 aliphatic rings. The summed E-state index contributed by atoms with van der Waals surface area (Å²) in [6.45, 7) is 2.25. The van der Waals surface area contributed by atoms with Gasteiger partial charge in [0.15, 0.2) is 0 Å². The molecule has 20 heavy (non-hydrogen) atoms. The summed E-state index contributed by atoms with van der Waals surface area (Å²) in [6, 6.07) is 5.60. The Morgan fingerprint density at radius 1 is 1.40 bits per heavy atom. The number of nitrogen functional groups attached to an aromatic ring is 1. The molecule has 0 aromatic carbocycles. The maximum Gasteiger partial charge on any atom is 0.272 e. The first-order chi connectivity index (χ1) is 9.65. The fraction of sp³-hybridized carbons (Fsp3) is 0.600. The molecule has 110 valence electrons. The van der Waals surface area contributed by atoms with E-state index in [1.165, 1.54) is 19.3 Å². The first-order valence-corrected chi connectivity index (χ1v) is 7.36. The van der Waals surface area contributed by atoms with E-state index in [1.807, 2.05) is 11.9 Å². The van der Waals surface area contributed by atoms with Crippen LogP contribution in [0.25, 0.3) is 0 Å². The molecule has 1 saturated carbocycles. The molecule has 5 heteroatoms. The molecular weight excluding hydrogens is 252 g/mol. The second kappa shape index (κ2) is 6.70. The lowest BCUT2D eigenvalue weighted by atomic mass is 9.84. The molecule has 1 aromatic rings. The highest BCUT2D eigenvalue weighted by molar-refractivity contribution is 5.92. The monoisotopic (exact) mass is 276 g/mol. The second-order valence-electron chi connectivity index (χ2n) is 5.55. The van der Waals surface area contributed by atoms with Crippen molar-refractivity contribution in [3.63, 3.8) is 0 Å². The van der Waals surface area contributed by atoms with Crippen molar-refractivity contribution in [1.82, 2.24) is 9.88 Å². The second-order valence-corrected chi connectivity index (χ2v) is 5.55. The molecule has 0 unspecified atom stereocenters. The van der Waals surface area contributed by atoms with Gasteiger partial charge in [0.2, 0.25) is 0 Å². The van der Waals surface area contributed by atoms with Crippen LogP contribution in [0, 0.1) is 5.92 Å². The highest BCUT2D eigenvalue weighted by Gasteiger charge is 2.26. The molecule has 0 bridgehead atoms. The zero-order valence-electron chi connectivity index (χ0n) is 12.3. The van der Waals surface area contributed by atoms with Crippen LogP contribution < -0.4 is 11.3 Å². The number of amides is 1. The minimum atomic E-state index is -0.0259.